The fourth-order valence-corrected chi connectivity index (χ4v) is 6.19. The van der Waals surface area contributed by atoms with E-state index in [9.17, 15) is 0 Å². The third kappa shape index (κ3) is 2.83. The quantitative estimate of drug-likeness (QED) is 0.244. The first-order chi connectivity index (χ1) is 19.3. The minimum atomic E-state index is -0.0533. The minimum Gasteiger partial charge on any atom is -0.456 e. The van der Waals surface area contributed by atoms with Crippen LogP contribution in [-0.2, 0) is 0 Å². The summed E-state index contributed by atoms with van der Waals surface area (Å²) in [4.78, 5) is 6.46. The molecule has 8 aromatic rings. The molecule has 0 saturated heterocycles. The number of hydrogen-bond donors (Lipinski definition) is 0. The van der Waals surface area contributed by atoms with E-state index in [1.54, 1.807) is 6.20 Å². The maximum absolute atomic E-state index is 6.67. The van der Waals surface area contributed by atoms with E-state index in [1.807, 2.05) is 42.6 Å². The minimum absolute atomic E-state index is 0.0533. The smallest absolute Gasteiger partial charge is 0.257 e. The van der Waals surface area contributed by atoms with Crippen LogP contribution in [0.3, 0.4) is 0 Å². The van der Waals surface area contributed by atoms with Crippen LogP contribution in [0.1, 0.15) is 0 Å². The van der Waals surface area contributed by atoms with E-state index in [2.05, 4.69) is 76.6 Å². The Morgan fingerprint density at radius 2 is 1.15 bits per heavy atom. The van der Waals surface area contributed by atoms with Gasteiger partial charge >= 0.3 is 0 Å². The van der Waals surface area contributed by atoms with Gasteiger partial charge in [-0.2, -0.15) is 0 Å². The van der Waals surface area contributed by atoms with Gasteiger partial charge in [0.25, 0.3) is 6.71 Å². The molecule has 0 spiro atoms. The lowest BCUT2D eigenvalue weighted by Crippen LogP contribution is -2.56. The number of para-hydroxylation sites is 2. The molecule has 1 aliphatic heterocycles. The molecule has 0 amide bonds. The Kier molecular flexibility index (Phi) is 4.08. The molecule has 0 fully saturated rings. The zero-order valence-electron chi connectivity index (χ0n) is 20.7. The van der Waals surface area contributed by atoms with E-state index in [4.69, 9.17) is 13.3 Å². The van der Waals surface area contributed by atoms with E-state index in [1.165, 1.54) is 5.46 Å². The maximum atomic E-state index is 6.67. The van der Waals surface area contributed by atoms with Crippen molar-refractivity contribution in [1.82, 2.24) is 4.98 Å². The molecular formula is C33H19BN2O3. The van der Waals surface area contributed by atoms with Crippen molar-refractivity contribution in [2.75, 3.05) is 4.90 Å². The van der Waals surface area contributed by atoms with Crippen molar-refractivity contribution in [3.63, 3.8) is 0 Å². The van der Waals surface area contributed by atoms with Crippen LogP contribution < -0.4 is 21.3 Å². The van der Waals surface area contributed by atoms with E-state index >= 15 is 0 Å². The van der Waals surface area contributed by atoms with Gasteiger partial charge in [-0.05, 0) is 36.4 Å². The highest BCUT2D eigenvalue weighted by Crippen LogP contribution is 2.43. The number of hydrogen-bond acceptors (Lipinski definition) is 5. The lowest BCUT2D eigenvalue weighted by Gasteiger charge is -2.30. The summed E-state index contributed by atoms with van der Waals surface area (Å²) >= 11 is 0. The first kappa shape index (κ1) is 20.8. The summed E-state index contributed by atoms with van der Waals surface area (Å²) in [5, 5.41) is 4.17. The van der Waals surface area contributed by atoms with Crippen molar-refractivity contribution >= 4 is 84.4 Å². The Bertz CT molecular complexity index is 2130. The monoisotopic (exact) mass is 502 g/mol. The summed E-state index contributed by atoms with van der Waals surface area (Å²) in [6.07, 6.45) is 3.60. The molecule has 4 aromatic carbocycles. The third-order valence-corrected chi connectivity index (χ3v) is 7.86. The van der Waals surface area contributed by atoms with Gasteiger partial charge in [0.05, 0.1) is 5.69 Å². The van der Waals surface area contributed by atoms with Gasteiger partial charge in [0.2, 0.25) is 11.8 Å². The van der Waals surface area contributed by atoms with Crippen molar-refractivity contribution in [2.45, 2.75) is 0 Å². The van der Waals surface area contributed by atoms with Gasteiger partial charge in [0, 0.05) is 44.9 Å². The molecule has 6 heteroatoms. The summed E-state index contributed by atoms with van der Waals surface area (Å²) in [5.41, 5.74) is 7.72. The van der Waals surface area contributed by atoms with Gasteiger partial charge in [-0.15, -0.1) is 0 Å². The highest BCUT2D eigenvalue weighted by molar-refractivity contribution is 7.00. The number of rotatable bonds is 2. The van der Waals surface area contributed by atoms with Gasteiger partial charge in [0.15, 0.2) is 0 Å². The molecule has 0 atom stereocenters. The predicted molar refractivity (Wildman–Crippen MR) is 157 cm³/mol. The molecule has 9 rings (SSSR count). The molecule has 0 radical (unpaired) electrons. The second-order valence-corrected chi connectivity index (χ2v) is 9.97. The number of benzene rings is 4. The highest BCUT2D eigenvalue weighted by Gasteiger charge is 2.43. The highest BCUT2D eigenvalue weighted by atomic mass is 16.4. The lowest BCUT2D eigenvalue weighted by atomic mass is 9.35. The molecule has 39 heavy (non-hydrogen) atoms. The Morgan fingerprint density at radius 3 is 1.87 bits per heavy atom. The van der Waals surface area contributed by atoms with Crippen LogP contribution >= 0.6 is 0 Å². The summed E-state index contributed by atoms with van der Waals surface area (Å²) in [6, 6.07) is 35.3. The fourth-order valence-electron chi connectivity index (χ4n) is 6.19. The molecule has 4 aromatic heterocycles. The number of aromatic nitrogens is 1. The Balaban J connectivity index is 1.41. The van der Waals surface area contributed by atoms with Crippen molar-refractivity contribution < 1.29 is 13.3 Å². The van der Waals surface area contributed by atoms with Crippen LogP contribution in [0, 0.1) is 0 Å². The lowest BCUT2D eigenvalue weighted by molar-refractivity contribution is 0.585. The Hall–Kier alpha value is -5.23. The van der Waals surface area contributed by atoms with Crippen LogP contribution in [-0.4, -0.2) is 11.7 Å². The molecule has 0 unspecified atom stereocenters. The Morgan fingerprint density at radius 1 is 0.538 bits per heavy atom. The van der Waals surface area contributed by atoms with Gasteiger partial charge in [-0.25, -0.2) is 0 Å². The molecule has 0 saturated carbocycles. The Labute approximate surface area is 223 Å². The summed E-state index contributed by atoms with van der Waals surface area (Å²) in [7, 11) is 0. The van der Waals surface area contributed by atoms with E-state index in [0.29, 0.717) is 0 Å². The second kappa shape index (κ2) is 7.65. The third-order valence-electron chi connectivity index (χ3n) is 7.86. The van der Waals surface area contributed by atoms with Crippen molar-refractivity contribution in [3.05, 3.63) is 116 Å². The van der Waals surface area contributed by atoms with Gasteiger partial charge in [-0.3, -0.25) is 9.88 Å². The second-order valence-electron chi connectivity index (χ2n) is 9.97. The molecule has 182 valence electrons. The number of furan rings is 3. The largest absolute Gasteiger partial charge is 0.456 e. The molecule has 0 aliphatic carbocycles. The number of nitrogens with zero attached hydrogens (tertiary/aromatic N) is 2. The van der Waals surface area contributed by atoms with Crippen molar-refractivity contribution in [1.29, 1.82) is 0 Å². The SMILES string of the molecule is c1ccc(B2c3c(oc4ccccc34)N(c3ccc4oc5ccncc5c4c3)c3oc4ccccc4c32)cc1. The molecule has 0 bridgehead atoms. The van der Waals surface area contributed by atoms with Crippen LogP contribution in [0.2, 0.25) is 0 Å². The van der Waals surface area contributed by atoms with Crippen molar-refractivity contribution in [2.24, 2.45) is 0 Å². The standard InChI is InChI=1S/C33H19BN2O3/c1-2-8-20(9-3-1)34-30-22-10-4-6-12-26(22)38-32(30)36(33-31(34)23-11-5-7-13-27(23)39-33)21-14-15-28-24(18-21)25-19-35-17-16-29(25)37-28/h1-19H. The molecule has 0 N–H and O–H groups in total. The fraction of sp³-hybridized carbons (Fsp3) is 0. The topological polar surface area (TPSA) is 55.6 Å². The van der Waals surface area contributed by atoms with Gasteiger partial charge in [-0.1, -0.05) is 72.2 Å². The zero-order chi connectivity index (χ0) is 25.5. The number of fused-ring (bicyclic) bond motifs is 9. The summed E-state index contributed by atoms with van der Waals surface area (Å²) in [6.45, 7) is -0.0533. The van der Waals surface area contributed by atoms with Crippen LogP contribution in [0.15, 0.2) is 129 Å². The maximum Gasteiger partial charge on any atom is 0.257 e. The van der Waals surface area contributed by atoms with Gasteiger partial charge < -0.3 is 13.3 Å². The number of pyridine rings is 1. The molecule has 5 nitrogen and oxygen atoms in total. The molecule has 1 aliphatic rings. The molecule has 5 heterocycles. The van der Waals surface area contributed by atoms with E-state index < -0.39 is 0 Å². The average Bonchev–Trinajstić information content (AvgIpc) is 3.67. The van der Waals surface area contributed by atoms with Crippen LogP contribution in [0.4, 0.5) is 17.5 Å². The average molecular weight is 502 g/mol. The van der Waals surface area contributed by atoms with E-state index in [-0.39, 0.29) is 6.71 Å². The van der Waals surface area contributed by atoms with E-state index in [0.717, 1.165) is 72.3 Å². The summed E-state index contributed by atoms with van der Waals surface area (Å²) in [5.74, 6) is 1.53. The predicted octanol–water partition coefficient (Wildman–Crippen LogP) is 6.77. The molecular weight excluding hydrogens is 483 g/mol. The summed E-state index contributed by atoms with van der Waals surface area (Å²) < 4.78 is 19.4. The van der Waals surface area contributed by atoms with Crippen LogP contribution in [0.5, 0.6) is 0 Å². The number of anilines is 3. The van der Waals surface area contributed by atoms with Crippen LogP contribution in [0.25, 0.3) is 43.9 Å². The van der Waals surface area contributed by atoms with Gasteiger partial charge in [0.1, 0.15) is 22.3 Å². The first-order valence-corrected chi connectivity index (χ1v) is 13.0. The zero-order valence-corrected chi connectivity index (χ0v) is 20.7. The first-order valence-electron chi connectivity index (χ1n) is 13.0. The van der Waals surface area contributed by atoms with Crippen molar-refractivity contribution in [3.8, 4) is 0 Å². The normalized spacial score (nSPS) is 13.0.